The van der Waals surface area contributed by atoms with E-state index in [-0.39, 0.29) is 41.2 Å². The Labute approximate surface area is 255 Å². The van der Waals surface area contributed by atoms with E-state index in [1.165, 1.54) is 29.0 Å². The van der Waals surface area contributed by atoms with Crippen molar-refractivity contribution in [3.8, 4) is 5.75 Å². The number of esters is 1. The van der Waals surface area contributed by atoms with E-state index >= 15 is 0 Å². The number of carbonyl (C=O) groups is 1. The lowest BCUT2D eigenvalue weighted by molar-refractivity contribution is 0.0518. The zero-order chi connectivity index (χ0) is 29.8. The summed E-state index contributed by atoms with van der Waals surface area (Å²) < 4.78 is 28.9. The van der Waals surface area contributed by atoms with Crippen molar-refractivity contribution >= 4 is 50.8 Å². The fraction of sp³-hybridized carbons (Fsp3) is 0.276. The Morgan fingerprint density at radius 3 is 2.46 bits per heavy atom. The van der Waals surface area contributed by atoms with Gasteiger partial charge < -0.3 is 23.9 Å². The number of imidazole rings is 1. The molecule has 0 bridgehead atoms. The Morgan fingerprint density at radius 1 is 1.15 bits per heavy atom. The van der Waals surface area contributed by atoms with Gasteiger partial charge in [-0.3, -0.25) is 4.79 Å². The Kier molecular flexibility index (Phi) is 9.78. The van der Waals surface area contributed by atoms with Crippen molar-refractivity contribution < 1.29 is 18.7 Å². The number of rotatable bonds is 10. The molecule has 4 aromatic rings. The highest BCUT2D eigenvalue weighted by Crippen LogP contribution is 2.35. The minimum Gasteiger partial charge on any atom is -0.497 e. The van der Waals surface area contributed by atoms with E-state index in [0.29, 0.717) is 26.8 Å². The Hall–Kier alpha value is -3.34. The topological polar surface area (TPSA) is 87.4 Å². The van der Waals surface area contributed by atoms with Gasteiger partial charge in [-0.15, -0.1) is 0 Å². The van der Waals surface area contributed by atoms with Gasteiger partial charge in [0.1, 0.15) is 17.3 Å². The molecule has 0 amide bonds. The second kappa shape index (κ2) is 13.1. The van der Waals surface area contributed by atoms with Crippen LogP contribution in [0.15, 0.2) is 64.3 Å². The molecule has 0 saturated heterocycles. The number of benzene rings is 2. The molecule has 12 heteroatoms. The predicted molar refractivity (Wildman–Crippen MR) is 161 cm³/mol. The van der Waals surface area contributed by atoms with Crippen molar-refractivity contribution in [1.29, 1.82) is 0 Å². The molecule has 41 heavy (non-hydrogen) atoms. The van der Waals surface area contributed by atoms with E-state index < -0.39 is 17.8 Å². The number of anilines is 1. The Morgan fingerprint density at radius 2 is 1.85 bits per heavy atom. The molecule has 1 N–H and O–H groups in total. The standard InChI is InChI=1S/C29H28BrCl2FN4O4/c1-5-41-28(39)25-26(37(16(2)3)29(30)35-25)24(18-8-11-21(32)22(33)12-18)34-23-13-19(31)15-36(27(23)38)14-17-6-9-20(40-4)10-7-17/h6-13,15-16,24,34H,5,14H2,1-4H3. The van der Waals surface area contributed by atoms with Gasteiger partial charge in [0.25, 0.3) is 5.56 Å². The van der Waals surface area contributed by atoms with Crippen LogP contribution in [-0.2, 0) is 11.3 Å². The minimum absolute atomic E-state index is 0.0147. The highest BCUT2D eigenvalue weighted by atomic mass is 79.9. The fourth-order valence-electron chi connectivity index (χ4n) is 4.44. The average molecular weight is 666 g/mol. The molecule has 2 aromatic heterocycles. The van der Waals surface area contributed by atoms with Gasteiger partial charge in [0.15, 0.2) is 10.4 Å². The van der Waals surface area contributed by atoms with Gasteiger partial charge >= 0.3 is 5.97 Å². The first-order valence-corrected chi connectivity index (χ1v) is 14.3. The first-order chi connectivity index (χ1) is 19.5. The Balaban J connectivity index is 1.88. The third-order valence-electron chi connectivity index (χ3n) is 6.31. The van der Waals surface area contributed by atoms with Crippen molar-refractivity contribution in [2.24, 2.45) is 0 Å². The van der Waals surface area contributed by atoms with Crippen LogP contribution in [0.25, 0.3) is 0 Å². The third-order valence-corrected chi connectivity index (χ3v) is 7.38. The highest BCUT2D eigenvalue weighted by Gasteiger charge is 2.32. The summed E-state index contributed by atoms with van der Waals surface area (Å²) in [5.41, 5.74) is 1.39. The van der Waals surface area contributed by atoms with Crippen LogP contribution in [0.1, 0.15) is 60.2 Å². The molecule has 2 aromatic carbocycles. The van der Waals surface area contributed by atoms with Gasteiger partial charge in [-0.05, 0) is 78.2 Å². The van der Waals surface area contributed by atoms with E-state index in [4.69, 9.17) is 32.7 Å². The molecule has 0 radical (unpaired) electrons. The molecule has 0 aliphatic carbocycles. The molecule has 0 aliphatic heterocycles. The maximum absolute atomic E-state index is 14.8. The summed E-state index contributed by atoms with van der Waals surface area (Å²) in [6, 6.07) is 12.0. The van der Waals surface area contributed by atoms with E-state index in [1.54, 1.807) is 36.8 Å². The smallest absolute Gasteiger partial charge is 0.358 e. The zero-order valence-electron chi connectivity index (χ0n) is 22.8. The summed E-state index contributed by atoms with van der Waals surface area (Å²) in [5.74, 6) is -0.629. The Bertz CT molecular complexity index is 1620. The molecule has 0 fully saturated rings. The van der Waals surface area contributed by atoms with Crippen LogP contribution in [0.5, 0.6) is 5.75 Å². The van der Waals surface area contributed by atoms with E-state index in [1.807, 2.05) is 26.0 Å². The normalized spacial score (nSPS) is 11.9. The average Bonchev–Trinajstić information content (AvgIpc) is 3.29. The first-order valence-electron chi connectivity index (χ1n) is 12.7. The van der Waals surface area contributed by atoms with Gasteiger partial charge in [-0.2, -0.15) is 0 Å². The largest absolute Gasteiger partial charge is 0.497 e. The second-order valence-electron chi connectivity index (χ2n) is 9.40. The summed E-state index contributed by atoms with van der Waals surface area (Å²) in [6.45, 7) is 5.87. The lowest BCUT2D eigenvalue weighted by atomic mass is 10.0. The van der Waals surface area contributed by atoms with Crippen LogP contribution in [0.2, 0.25) is 10.0 Å². The molecular weight excluding hydrogens is 638 g/mol. The van der Waals surface area contributed by atoms with Gasteiger partial charge in [-0.1, -0.05) is 41.4 Å². The molecule has 0 saturated carbocycles. The lowest BCUT2D eigenvalue weighted by Gasteiger charge is -2.25. The van der Waals surface area contributed by atoms with E-state index in [2.05, 4.69) is 26.2 Å². The zero-order valence-corrected chi connectivity index (χ0v) is 25.8. The van der Waals surface area contributed by atoms with Gasteiger partial charge in [0.2, 0.25) is 0 Å². The van der Waals surface area contributed by atoms with Crippen LogP contribution < -0.4 is 15.6 Å². The second-order valence-corrected chi connectivity index (χ2v) is 11.0. The minimum atomic E-state index is -0.928. The number of hydrogen-bond acceptors (Lipinski definition) is 6. The van der Waals surface area contributed by atoms with Crippen molar-refractivity contribution in [3.63, 3.8) is 0 Å². The fourth-order valence-corrected chi connectivity index (χ4v) is 5.56. The van der Waals surface area contributed by atoms with Gasteiger partial charge in [0, 0.05) is 12.2 Å². The number of hydrogen-bond donors (Lipinski definition) is 1. The first kappa shape index (κ1) is 30.6. The van der Waals surface area contributed by atoms with Crippen molar-refractivity contribution in [2.75, 3.05) is 19.0 Å². The van der Waals surface area contributed by atoms with Crippen LogP contribution >= 0.6 is 39.1 Å². The maximum Gasteiger partial charge on any atom is 0.358 e. The lowest BCUT2D eigenvalue weighted by Crippen LogP contribution is -2.28. The third kappa shape index (κ3) is 6.77. The SMILES string of the molecule is CCOC(=O)c1nc(Br)n(C(C)C)c1C(Nc1cc(Cl)cn(Cc2ccc(OC)cc2)c1=O)c1ccc(Cl)c(F)c1. The molecule has 0 aliphatic rings. The van der Waals surface area contributed by atoms with E-state index in [9.17, 15) is 14.0 Å². The number of carbonyl (C=O) groups excluding carboxylic acids is 1. The van der Waals surface area contributed by atoms with Crippen LogP contribution in [0.3, 0.4) is 0 Å². The van der Waals surface area contributed by atoms with Crippen molar-refractivity contribution in [3.05, 3.63) is 108 Å². The number of nitrogens with one attached hydrogen (secondary N) is 1. The van der Waals surface area contributed by atoms with Gasteiger partial charge in [-0.25, -0.2) is 14.2 Å². The van der Waals surface area contributed by atoms with Crippen molar-refractivity contribution in [1.82, 2.24) is 14.1 Å². The van der Waals surface area contributed by atoms with Crippen LogP contribution in [0.4, 0.5) is 10.1 Å². The summed E-state index contributed by atoms with van der Waals surface area (Å²) in [4.78, 5) is 31.2. The molecule has 8 nitrogen and oxygen atoms in total. The highest BCUT2D eigenvalue weighted by molar-refractivity contribution is 9.10. The molecule has 4 rings (SSSR count). The van der Waals surface area contributed by atoms with Crippen LogP contribution in [-0.4, -0.2) is 33.8 Å². The molecular formula is C29H28BrCl2FN4O4. The van der Waals surface area contributed by atoms with Crippen molar-refractivity contribution in [2.45, 2.75) is 39.4 Å². The maximum atomic E-state index is 14.8. The number of methoxy groups -OCH3 is 1. The summed E-state index contributed by atoms with van der Waals surface area (Å²) in [6.07, 6.45) is 1.54. The predicted octanol–water partition coefficient (Wildman–Crippen LogP) is 7.27. The molecule has 1 unspecified atom stereocenters. The number of aromatic nitrogens is 3. The van der Waals surface area contributed by atoms with Crippen LogP contribution in [0, 0.1) is 5.82 Å². The number of halogens is 4. The molecule has 1 atom stereocenters. The molecule has 2 heterocycles. The van der Waals surface area contributed by atoms with E-state index in [0.717, 1.165) is 5.56 Å². The summed E-state index contributed by atoms with van der Waals surface area (Å²) in [5, 5.41) is 3.45. The summed E-state index contributed by atoms with van der Waals surface area (Å²) in [7, 11) is 1.58. The summed E-state index contributed by atoms with van der Waals surface area (Å²) >= 11 is 15.9. The number of nitrogens with zero attached hydrogens (tertiary/aromatic N) is 3. The number of pyridine rings is 1. The van der Waals surface area contributed by atoms with Gasteiger partial charge in [0.05, 0.1) is 42.0 Å². The monoisotopic (exact) mass is 664 g/mol. The molecule has 216 valence electrons. The quantitative estimate of drug-likeness (QED) is 0.179. The number of ether oxygens (including phenoxy) is 2. The molecule has 0 spiro atoms.